The lowest BCUT2D eigenvalue weighted by atomic mass is 10.1. The summed E-state index contributed by atoms with van der Waals surface area (Å²) in [5, 5.41) is 9.13. The van der Waals surface area contributed by atoms with Crippen LogP contribution in [0.5, 0.6) is 0 Å². The van der Waals surface area contributed by atoms with Gasteiger partial charge in [-0.3, -0.25) is 4.79 Å². The number of hydrogen-bond acceptors (Lipinski definition) is 4. The van der Waals surface area contributed by atoms with E-state index >= 15 is 0 Å². The van der Waals surface area contributed by atoms with Gasteiger partial charge >= 0.3 is 5.97 Å². The van der Waals surface area contributed by atoms with Crippen molar-refractivity contribution in [2.24, 2.45) is 0 Å². The Bertz CT molecular complexity index is 540. The zero-order valence-electron chi connectivity index (χ0n) is 11.4. The minimum absolute atomic E-state index is 0.0605. The lowest BCUT2D eigenvalue weighted by molar-refractivity contribution is -0.138. The summed E-state index contributed by atoms with van der Waals surface area (Å²) in [7, 11) is -3.57. The quantitative estimate of drug-likeness (QED) is 0.620. The van der Waals surface area contributed by atoms with Gasteiger partial charge in [0, 0.05) is 5.69 Å². The van der Waals surface area contributed by atoms with Gasteiger partial charge in [-0.15, -0.1) is 0 Å². The van der Waals surface area contributed by atoms with Crippen LogP contribution in [0.2, 0.25) is 0 Å². The number of nitrogens with two attached hydrogens (primary N) is 1. The number of anilines is 1. The molecule has 0 radical (unpaired) electrons. The van der Waals surface area contributed by atoms with Crippen LogP contribution in [-0.4, -0.2) is 31.3 Å². The number of carboxylic acids is 1. The van der Waals surface area contributed by atoms with Gasteiger partial charge in [0.15, 0.2) is 0 Å². The van der Waals surface area contributed by atoms with E-state index in [1.807, 2.05) is 6.92 Å². The average Bonchev–Trinajstić information content (AvgIpc) is 2.38. The van der Waals surface area contributed by atoms with Gasteiger partial charge in [-0.05, 0) is 30.5 Å². The molecule has 7 heteroatoms. The minimum atomic E-state index is -3.57. The molecular formula is C13H20N2O4S. The lowest BCUT2D eigenvalue weighted by Crippen LogP contribution is -2.43. The monoisotopic (exact) mass is 300 g/mol. The fraction of sp³-hybridized carbons (Fsp3) is 0.462. The normalized spacial score (nSPS) is 13.1. The zero-order valence-corrected chi connectivity index (χ0v) is 12.2. The van der Waals surface area contributed by atoms with Crippen molar-refractivity contribution < 1.29 is 18.3 Å². The van der Waals surface area contributed by atoms with Gasteiger partial charge in [0.2, 0.25) is 10.0 Å². The van der Waals surface area contributed by atoms with E-state index in [9.17, 15) is 13.2 Å². The molecule has 20 heavy (non-hydrogen) atoms. The Hall–Kier alpha value is -1.60. The number of aliphatic carboxylic acids is 1. The van der Waals surface area contributed by atoms with Gasteiger partial charge in [-0.1, -0.05) is 25.5 Å². The lowest BCUT2D eigenvalue weighted by Gasteiger charge is -2.15. The van der Waals surface area contributed by atoms with Crippen LogP contribution in [0.15, 0.2) is 24.3 Å². The number of carboxylic acid groups (broad SMARTS) is 1. The van der Waals surface area contributed by atoms with Crippen molar-refractivity contribution in [3.63, 3.8) is 0 Å². The molecule has 4 N–H and O–H groups in total. The van der Waals surface area contributed by atoms with Crippen molar-refractivity contribution in [1.82, 2.24) is 4.72 Å². The number of hydrogen-bond donors (Lipinski definition) is 3. The van der Waals surface area contributed by atoms with Crippen molar-refractivity contribution in [3.05, 3.63) is 29.8 Å². The Morgan fingerprint density at radius 2 is 1.95 bits per heavy atom. The fourth-order valence-corrected chi connectivity index (χ4v) is 3.08. The summed E-state index contributed by atoms with van der Waals surface area (Å²) in [5.41, 5.74) is 6.83. The Morgan fingerprint density at radius 1 is 1.35 bits per heavy atom. The first-order chi connectivity index (χ1) is 9.34. The molecule has 0 aromatic heterocycles. The van der Waals surface area contributed by atoms with E-state index in [0.29, 0.717) is 17.7 Å². The van der Waals surface area contributed by atoms with Crippen molar-refractivity contribution in [2.45, 2.75) is 32.2 Å². The van der Waals surface area contributed by atoms with E-state index in [-0.39, 0.29) is 12.2 Å². The number of nitrogens with one attached hydrogen (secondary N) is 1. The van der Waals surface area contributed by atoms with E-state index in [1.54, 1.807) is 24.3 Å². The predicted octanol–water partition coefficient (Wildman–Crippen LogP) is 0.984. The van der Waals surface area contributed by atoms with Crippen LogP contribution >= 0.6 is 0 Å². The SMILES string of the molecule is CCCCS(=O)(=O)NC(Cc1ccc(N)cc1)C(=O)O. The zero-order chi connectivity index (χ0) is 15.2. The van der Waals surface area contributed by atoms with E-state index < -0.39 is 22.0 Å². The molecule has 6 nitrogen and oxygen atoms in total. The summed E-state index contributed by atoms with van der Waals surface area (Å²) in [6.45, 7) is 1.87. The van der Waals surface area contributed by atoms with Gasteiger partial charge < -0.3 is 10.8 Å². The Morgan fingerprint density at radius 3 is 2.45 bits per heavy atom. The first-order valence-corrected chi connectivity index (χ1v) is 8.06. The van der Waals surface area contributed by atoms with E-state index in [1.165, 1.54) is 0 Å². The van der Waals surface area contributed by atoms with Crippen molar-refractivity contribution in [2.75, 3.05) is 11.5 Å². The molecule has 0 amide bonds. The number of nitrogen functional groups attached to an aromatic ring is 1. The topological polar surface area (TPSA) is 109 Å². The van der Waals surface area contributed by atoms with Crippen molar-refractivity contribution in [3.8, 4) is 0 Å². The van der Waals surface area contributed by atoms with Gasteiger partial charge in [0.25, 0.3) is 0 Å². The maximum Gasteiger partial charge on any atom is 0.322 e. The van der Waals surface area contributed by atoms with Crippen molar-refractivity contribution in [1.29, 1.82) is 0 Å². The molecule has 1 atom stereocenters. The molecule has 112 valence electrons. The summed E-state index contributed by atoms with van der Waals surface area (Å²) in [4.78, 5) is 11.2. The average molecular weight is 300 g/mol. The van der Waals surface area contributed by atoms with Crippen LogP contribution in [0.3, 0.4) is 0 Å². The second-order valence-corrected chi connectivity index (χ2v) is 6.50. The smallest absolute Gasteiger partial charge is 0.322 e. The third kappa shape index (κ3) is 5.58. The highest BCUT2D eigenvalue weighted by atomic mass is 32.2. The number of rotatable bonds is 8. The van der Waals surface area contributed by atoms with Crippen LogP contribution in [0.1, 0.15) is 25.3 Å². The van der Waals surface area contributed by atoms with Crippen LogP contribution in [0.25, 0.3) is 0 Å². The third-order valence-electron chi connectivity index (χ3n) is 2.81. The second kappa shape index (κ2) is 7.25. The van der Waals surface area contributed by atoms with E-state index in [0.717, 1.165) is 6.42 Å². The minimum Gasteiger partial charge on any atom is -0.480 e. The molecular weight excluding hydrogens is 280 g/mol. The van der Waals surface area contributed by atoms with Crippen LogP contribution in [-0.2, 0) is 21.2 Å². The molecule has 0 bridgehead atoms. The number of sulfonamides is 1. The molecule has 1 rings (SSSR count). The molecule has 0 aliphatic rings. The van der Waals surface area contributed by atoms with Crippen molar-refractivity contribution >= 4 is 21.7 Å². The summed E-state index contributed by atoms with van der Waals surface area (Å²) >= 11 is 0. The van der Waals surface area contributed by atoms with E-state index in [2.05, 4.69) is 4.72 Å². The molecule has 1 aromatic carbocycles. The summed E-state index contributed by atoms with van der Waals surface area (Å²) in [5.74, 6) is -1.25. The number of benzene rings is 1. The molecule has 0 spiro atoms. The predicted molar refractivity (Wildman–Crippen MR) is 77.8 cm³/mol. The third-order valence-corrected chi connectivity index (χ3v) is 4.28. The van der Waals surface area contributed by atoms with Gasteiger partial charge in [0.1, 0.15) is 6.04 Å². The summed E-state index contributed by atoms with van der Waals surface area (Å²) in [6, 6.07) is 5.51. The highest BCUT2D eigenvalue weighted by Crippen LogP contribution is 2.09. The number of carbonyl (C=O) groups is 1. The Labute approximate surface area is 119 Å². The summed E-state index contributed by atoms with van der Waals surface area (Å²) < 4.78 is 25.7. The Kier molecular flexibility index (Phi) is 5.97. The molecule has 0 saturated heterocycles. The molecule has 0 saturated carbocycles. The first-order valence-electron chi connectivity index (χ1n) is 6.41. The van der Waals surface area contributed by atoms with Gasteiger partial charge in [-0.2, -0.15) is 0 Å². The Balaban J connectivity index is 2.75. The fourth-order valence-electron chi connectivity index (χ4n) is 1.68. The molecule has 1 aromatic rings. The molecule has 0 aliphatic heterocycles. The first kappa shape index (κ1) is 16.5. The van der Waals surface area contributed by atoms with Crippen LogP contribution < -0.4 is 10.5 Å². The molecule has 1 unspecified atom stereocenters. The molecule has 0 heterocycles. The highest BCUT2D eigenvalue weighted by Gasteiger charge is 2.23. The molecule has 0 fully saturated rings. The standard InChI is InChI=1S/C13H20N2O4S/c1-2-3-8-20(18,19)15-12(13(16)17)9-10-4-6-11(14)7-5-10/h4-7,12,15H,2-3,8-9,14H2,1H3,(H,16,17). The maximum absolute atomic E-state index is 11.8. The summed E-state index contributed by atoms with van der Waals surface area (Å²) in [6.07, 6.45) is 1.32. The van der Waals surface area contributed by atoms with Crippen LogP contribution in [0, 0.1) is 0 Å². The second-order valence-electron chi connectivity index (χ2n) is 4.63. The van der Waals surface area contributed by atoms with Gasteiger partial charge in [0.05, 0.1) is 5.75 Å². The molecule has 0 aliphatic carbocycles. The number of unbranched alkanes of at least 4 members (excludes halogenated alkanes) is 1. The maximum atomic E-state index is 11.8. The largest absolute Gasteiger partial charge is 0.480 e. The van der Waals surface area contributed by atoms with Gasteiger partial charge in [-0.25, -0.2) is 13.1 Å². The van der Waals surface area contributed by atoms with E-state index in [4.69, 9.17) is 10.8 Å². The highest BCUT2D eigenvalue weighted by molar-refractivity contribution is 7.89. The van der Waals surface area contributed by atoms with Crippen LogP contribution in [0.4, 0.5) is 5.69 Å².